The molecule has 1 N–H and O–H groups in total. The molecule has 0 fully saturated rings. The number of aliphatic hydroxyl groups excluding tert-OH is 1. The van der Waals surface area contributed by atoms with Crippen LogP contribution in [0.3, 0.4) is 0 Å². The molecule has 0 spiro atoms. The first-order valence-corrected chi connectivity index (χ1v) is 3.01. The highest BCUT2D eigenvalue weighted by molar-refractivity contribution is 4.87. The highest BCUT2D eigenvalue weighted by Gasteiger charge is 2.36. The van der Waals surface area contributed by atoms with Crippen LogP contribution in [0.15, 0.2) is 12.3 Å². The van der Waals surface area contributed by atoms with E-state index in [9.17, 15) is 13.2 Å². The van der Waals surface area contributed by atoms with Gasteiger partial charge < -0.3 is 9.84 Å². The van der Waals surface area contributed by atoms with E-state index in [1.165, 1.54) is 0 Å². The largest absolute Gasteiger partial charge is 0.502 e. The first kappa shape index (κ1) is 10.3. The van der Waals surface area contributed by atoms with Gasteiger partial charge in [0.25, 0.3) is 0 Å². The number of rotatable bonds is 3. The van der Waals surface area contributed by atoms with Crippen molar-refractivity contribution in [3.05, 3.63) is 12.3 Å². The Morgan fingerprint density at radius 3 is 2.45 bits per heavy atom. The predicted octanol–water partition coefficient (Wildman–Crippen LogP) is 1.46. The van der Waals surface area contributed by atoms with Gasteiger partial charge in [-0.15, -0.1) is 0 Å². The molecule has 1 unspecified atom stereocenters. The van der Waals surface area contributed by atoms with Crippen LogP contribution < -0.4 is 0 Å². The van der Waals surface area contributed by atoms with Crippen LogP contribution >= 0.6 is 0 Å². The molecular formula is C6H9F3O2. The fraction of sp³-hybridized carbons (Fsp3) is 0.667. The van der Waals surface area contributed by atoms with E-state index in [1.807, 2.05) is 0 Å². The van der Waals surface area contributed by atoms with Crippen LogP contribution in [0.5, 0.6) is 0 Å². The van der Waals surface area contributed by atoms with Gasteiger partial charge in [-0.2, -0.15) is 13.2 Å². The summed E-state index contributed by atoms with van der Waals surface area (Å²) in [6.45, 7) is 1.91. The van der Waals surface area contributed by atoms with Crippen molar-refractivity contribution in [3.8, 4) is 0 Å². The van der Waals surface area contributed by atoms with Gasteiger partial charge >= 0.3 is 6.18 Å². The zero-order valence-corrected chi connectivity index (χ0v) is 5.93. The van der Waals surface area contributed by atoms with Gasteiger partial charge in [-0.1, -0.05) is 0 Å². The van der Waals surface area contributed by atoms with Gasteiger partial charge in [0.15, 0.2) is 6.10 Å². The molecule has 0 saturated carbocycles. The van der Waals surface area contributed by atoms with Crippen LogP contribution in [0, 0.1) is 0 Å². The first-order chi connectivity index (χ1) is 4.98. The molecule has 5 heteroatoms. The van der Waals surface area contributed by atoms with Gasteiger partial charge in [-0.25, -0.2) is 0 Å². The number of alkyl halides is 3. The lowest BCUT2D eigenvalue weighted by Crippen LogP contribution is -2.26. The second-order valence-corrected chi connectivity index (χ2v) is 1.77. The van der Waals surface area contributed by atoms with Gasteiger partial charge in [0.05, 0.1) is 12.9 Å². The van der Waals surface area contributed by atoms with E-state index in [4.69, 9.17) is 5.11 Å². The number of halogens is 3. The molecule has 66 valence electrons. The van der Waals surface area contributed by atoms with Gasteiger partial charge in [-0.3, -0.25) is 0 Å². The molecule has 0 bridgehead atoms. The third-order valence-electron chi connectivity index (χ3n) is 0.859. The van der Waals surface area contributed by atoms with E-state index in [0.717, 1.165) is 6.26 Å². The molecule has 0 saturated heterocycles. The molecule has 0 radical (unpaired) electrons. The van der Waals surface area contributed by atoms with Gasteiger partial charge in [-0.05, 0) is 13.0 Å². The van der Waals surface area contributed by atoms with E-state index in [1.54, 1.807) is 6.92 Å². The molecule has 0 aliphatic heterocycles. The number of ether oxygens (including phenoxy) is 1. The highest BCUT2D eigenvalue weighted by atomic mass is 19.4. The minimum atomic E-state index is -4.60. The molecule has 0 aromatic heterocycles. The summed E-state index contributed by atoms with van der Waals surface area (Å²) in [5, 5.41) is 8.32. The third kappa shape index (κ3) is 4.66. The van der Waals surface area contributed by atoms with E-state index in [0.29, 0.717) is 6.08 Å². The topological polar surface area (TPSA) is 29.5 Å². The molecule has 0 aromatic rings. The van der Waals surface area contributed by atoms with Crippen molar-refractivity contribution in [3.63, 3.8) is 0 Å². The standard InChI is InChI=1S/C6H9F3O2/c1-2-11-4-3-5(10)6(7,8)9/h3-5,10H,2H2,1H3/b4-3+. The van der Waals surface area contributed by atoms with Crippen molar-refractivity contribution in [2.24, 2.45) is 0 Å². The van der Waals surface area contributed by atoms with Gasteiger partial charge in [0.2, 0.25) is 0 Å². The third-order valence-corrected chi connectivity index (χ3v) is 0.859. The van der Waals surface area contributed by atoms with Crippen LogP contribution in [0.4, 0.5) is 13.2 Å². The normalized spacial score (nSPS) is 15.4. The lowest BCUT2D eigenvalue weighted by atomic mass is 10.3. The van der Waals surface area contributed by atoms with E-state index in [2.05, 4.69) is 4.74 Å². The summed E-state index contributed by atoms with van der Waals surface area (Å²) in [6.07, 6.45) is -5.66. The van der Waals surface area contributed by atoms with Crippen LogP contribution in [-0.4, -0.2) is 24.0 Å². The maximum atomic E-state index is 11.5. The Labute approximate surface area is 62.3 Å². The van der Waals surface area contributed by atoms with Crippen LogP contribution in [-0.2, 0) is 4.74 Å². The first-order valence-electron chi connectivity index (χ1n) is 3.01. The molecule has 0 aromatic carbocycles. The second kappa shape index (κ2) is 4.23. The zero-order chi connectivity index (χ0) is 8.91. The van der Waals surface area contributed by atoms with Gasteiger partial charge in [0.1, 0.15) is 0 Å². The summed E-state index contributed by atoms with van der Waals surface area (Å²) in [7, 11) is 0. The summed E-state index contributed by atoms with van der Waals surface area (Å²) >= 11 is 0. The number of hydrogen-bond acceptors (Lipinski definition) is 2. The second-order valence-electron chi connectivity index (χ2n) is 1.77. The zero-order valence-electron chi connectivity index (χ0n) is 5.93. The minimum Gasteiger partial charge on any atom is -0.502 e. The monoisotopic (exact) mass is 170 g/mol. The predicted molar refractivity (Wildman–Crippen MR) is 32.8 cm³/mol. The van der Waals surface area contributed by atoms with Crippen LogP contribution in [0.2, 0.25) is 0 Å². The van der Waals surface area contributed by atoms with E-state index in [-0.39, 0.29) is 6.61 Å². The Balaban J connectivity index is 3.77. The lowest BCUT2D eigenvalue weighted by Gasteiger charge is -2.09. The Hall–Kier alpha value is -0.710. The fourth-order valence-corrected chi connectivity index (χ4v) is 0.335. The van der Waals surface area contributed by atoms with Crippen LogP contribution in [0.1, 0.15) is 6.92 Å². The average Bonchev–Trinajstić information content (AvgIpc) is 1.86. The Morgan fingerprint density at radius 2 is 2.09 bits per heavy atom. The van der Waals surface area contributed by atoms with Crippen molar-refractivity contribution < 1.29 is 23.0 Å². The highest BCUT2D eigenvalue weighted by Crippen LogP contribution is 2.20. The molecule has 0 rings (SSSR count). The van der Waals surface area contributed by atoms with Crippen molar-refractivity contribution in [2.75, 3.05) is 6.61 Å². The fourth-order valence-electron chi connectivity index (χ4n) is 0.335. The van der Waals surface area contributed by atoms with Crippen molar-refractivity contribution in [1.82, 2.24) is 0 Å². The molecule has 0 amide bonds. The lowest BCUT2D eigenvalue weighted by molar-refractivity contribution is -0.188. The smallest absolute Gasteiger partial charge is 0.418 e. The molecule has 0 aliphatic carbocycles. The summed E-state index contributed by atoms with van der Waals surface area (Å²) in [4.78, 5) is 0. The number of aliphatic hydroxyl groups is 1. The van der Waals surface area contributed by atoms with Gasteiger partial charge in [0, 0.05) is 0 Å². The summed E-state index contributed by atoms with van der Waals surface area (Å²) < 4.78 is 39.0. The van der Waals surface area contributed by atoms with Crippen molar-refractivity contribution in [2.45, 2.75) is 19.2 Å². The Bertz CT molecular complexity index is 130. The average molecular weight is 170 g/mol. The van der Waals surface area contributed by atoms with Crippen molar-refractivity contribution >= 4 is 0 Å². The molecule has 0 heterocycles. The van der Waals surface area contributed by atoms with E-state index < -0.39 is 12.3 Å². The summed E-state index contributed by atoms with van der Waals surface area (Å²) in [5.41, 5.74) is 0. The molecular weight excluding hydrogens is 161 g/mol. The molecule has 0 aliphatic rings. The minimum absolute atomic E-state index is 0.279. The maximum absolute atomic E-state index is 11.5. The van der Waals surface area contributed by atoms with Crippen LogP contribution in [0.25, 0.3) is 0 Å². The molecule has 1 atom stereocenters. The van der Waals surface area contributed by atoms with E-state index >= 15 is 0 Å². The molecule has 11 heavy (non-hydrogen) atoms. The summed E-state index contributed by atoms with van der Waals surface area (Å²) in [6, 6.07) is 0. The summed E-state index contributed by atoms with van der Waals surface area (Å²) in [5.74, 6) is 0. The van der Waals surface area contributed by atoms with Crippen molar-refractivity contribution in [1.29, 1.82) is 0 Å². The SMILES string of the molecule is CCO/C=C/C(O)C(F)(F)F. The quantitative estimate of drug-likeness (QED) is 0.649. The molecule has 2 nitrogen and oxygen atoms in total. The maximum Gasteiger partial charge on any atom is 0.418 e. The Morgan fingerprint density at radius 1 is 1.55 bits per heavy atom. The Kier molecular flexibility index (Phi) is 3.95. The number of hydrogen-bond donors (Lipinski definition) is 1.